The third-order valence-electron chi connectivity index (χ3n) is 2.93. The molecule has 0 saturated heterocycles. The van der Waals surface area contributed by atoms with Crippen molar-refractivity contribution in [3.8, 4) is 0 Å². The fourth-order valence-electron chi connectivity index (χ4n) is 1.96. The summed E-state index contributed by atoms with van der Waals surface area (Å²) < 4.78 is 5.11. The Hall–Kier alpha value is -1.81. The topological polar surface area (TPSA) is 49.8 Å². The summed E-state index contributed by atoms with van der Waals surface area (Å²) in [7, 11) is 1.69. The molecule has 0 unspecified atom stereocenters. The van der Waals surface area contributed by atoms with Gasteiger partial charge in [-0.2, -0.15) is 0 Å². The second-order valence-electron chi connectivity index (χ2n) is 4.29. The number of carboxylic acid groups (broad SMARTS) is 1. The molecule has 4 nitrogen and oxygen atoms in total. The molecule has 1 aromatic carbocycles. The molecule has 0 radical (unpaired) electrons. The van der Waals surface area contributed by atoms with Gasteiger partial charge in [0.1, 0.15) is 0 Å². The van der Waals surface area contributed by atoms with Crippen LogP contribution in [0.15, 0.2) is 24.3 Å². The molecule has 0 aliphatic rings. The van der Waals surface area contributed by atoms with Gasteiger partial charge in [-0.25, -0.2) is 4.79 Å². The maximum absolute atomic E-state index is 10.5. The van der Waals surface area contributed by atoms with Crippen LogP contribution in [-0.2, 0) is 9.53 Å². The molecule has 4 heteroatoms. The van der Waals surface area contributed by atoms with Crippen LogP contribution in [0.2, 0.25) is 0 Å². The Morgan fingerprint density at radius 3 is 2.74 bits per heavy atom. The summed E-state index contributed by atoms with van der Waals surface area (Å²) in [5, 5.41) is 8.61. The SMILES string of the molecule is CCN(CCOC)c1ccc(C=CC(=O)O)cc1C. The van der Waals surface area contributed by atoms with Gasteiger partial charge >= 0.3 is 5.97 Å². The molecule has 0 spiro atoms. The summed E-state index contributed by atoms with van der Waals surface area (Å²) in [6, 6.07) is 5.94. The average molecular weight is 263 g/mol. The highest BCUT2D eigenvalue weighted by Gasteiger charge is 2.07. The second-order valence-corrected chi connectivity index (χ2v) is 4.29. The van der Waals surface area contributed by atoms with Crippen molar-refractivity contribution in [3.05, 3.63) is 35.4 Å². The summed E-state index contributed by atoms with van der Waals surface area (Å²) in [5.41, 5.74) is 3.18. The number of likely N-dealkylation sites (N-methyl/N-ethyl adjacent to an activating group) is 1. The maximum atomic E-state index is 10.5. The lowest BCUT2D eigenvalue weighted by Gasteiger charge is -2.24. The number of nitrogens with zero attached hydrogens (tertiary/aromatic N) is 1. The van der Waals surface area contributed by atoms with Crippen molar-refractivity contribution in [2.24, 2.45) is 0 Å². The van der Waals surface area contributed by atoms with Gasteiger partial charge in [-0.1, -0.05) is 6.07 Å². The number of rotatable bonds is 7. The molecule has 0 heterocycles. The number of aliphatic carboxylic acids is 1. The van der Waals surface area contributed by atoms with E-state index in [1.165, 1.54) is 0 Å². The first-order chi connectivity index (χ1) is 9.08. The fourth-order valence-corrected chi connectivity index (χ4v) is 1.96. The van der Waals surface area contributed by atoms with Crippen LogP contribution >= 0.6 is 0 Å². The van der Waals surface area contributed by atoms with Gasteiger partial charge in [0.05, 0.1) is 6.61 Å². The van der Waals surface area contributed by atoms with E-state index in [0.717, 1.165) is 36.0 Å². The number of methoxy groups -OCH3 is 1. The number of carbonyl (C=O) groups is 1. The van der Waals surface area contributed by atoms with E-state index in [1.54, 1.807) is 13.2 Å². The molecule has 0 amide bonds. The molecule has 0 atom stereocenters. The standard InChI is InChI=1S/C15H21NO3/c1-4-16(9-10-19-3)14-7-5-13(11-12(14)2)6-8-15(17)18/h5-8,11H,4,9-10H2,1-3H3,(H,17,18). The van der Waals surface area contributed by atoms with Crippen LogP contribution in [0.25, 0.3) is 6.08 Å². The number of anilines is 1. The van der Waals surface area contributed by atoms with Crippen LogP contribution < -0.4 is 4.90 Å². The van der Waals surface area contributed by atoms with Crippen LogP contribution in [0.5, 0.6) is 0 Å². The molecule has 0 aliphatic heterocycles. The maximum Gasteiger partial charge on any atom is 0.328 e. The number of carboxylic acids is 1. The zero-order valence-corrected chi connectivity index (χ0v) is 11.7. The quantitative estimate of drug-likeness (QED) is 0.768. The summed E-state index contributed by atoms with van der Waals surface area (Å²) in [6.45, 7) is 6.58. The van der Waals surface area contributed by atoms with Crippen molar-refractivity contribution >= 4 is 17.7 Å². The van der Waals surface area contributed by atoms with Gasteiger partial charge < -0.3 is 14.7 Å². The Kier molecular flexibility index (Phi) is 6.09. The predicted octanol–water partition coefficient (Wildman–Crippen LogP) is 2.57. The number of ether oxygens (including phenoxy) is 1. The highest BCUT2D eigenvalue weighted by atomic mass is 16.5. The van der Waals surface area contributed by atoms with Crippen LogP contribution in [0.3, 0.4) is 0 Å². The average Bonchev–Trinajstić information content (AvgIpc) is 2.39. The normalized spacial score (nSPS) is 10.9. The van der Waals surface area contributed by atoms with Crippen LogP contribution in [0, 0.1) is 6.92 Å². The summed E-state index contributed by atoms with van der Waals surface area (Å²) in [5.74, 6) is -0.933. The van der Waals surface area contributed by atoms with E-state index in [9.17, 15) is 4.79 Å². The zero-order chi connectivity index (χ0) is 14.3. The van der Waals surface area contributed by atoms with Crippen molar-refractivity contribution in [1.29, 1.82) is 0 Å². The molecular weight excluding hydrogens is 242 g/mol. The van der Waals surface area contributed by atoms with Crippen molar-refractivity contribution in [2.45, 2.75) is 13.8 Å². The Bertz CT molecular complexity index is 455. The fraction of sp³-hybridized carbons (Fsp3) is 0.400. The van der Waals surface area contributed by atoms with Gasteiger partial charge in [0.15, 0.2) is 0 Å². The van der Waals surface area contributed by atoms with Crippen molar-refractivity contribution in [1.82, 2.24) is 0 Å². The number of aryl methyl sites for hydroxylation is 1. The van der Waals surface area contributed by atoms with Crippen molar-refractivity contribution in [2.75, 3.05) is 31.7 Å². The molecule has 1 rings (SSSR count). The molecule has 0 saturated carbocycles. The van der Waals surface area contributed by atoms with Gasteiger partial charge in [0, 0.05) is 32.0 Å². The smallest absolute Gasteiger partial charge is 0.328 e. The molecule has 104 valence electrons. The molecule has 0 aliphatic carbocycles. The lowest BCUT2D eigenvalue weighted by Crippen LogP contribution is -2.27. The largest absolute Gasteiger partial charge is 0.478 e. The number of hydrogen-bond donors (Lipinski definition) is 1. The Morgan fingerprint density at radius 1 is 1.47 bits per heavy atom. The minimum Gasteiger partial charge on any atom is -0.478 e. The monoisotopic (exact) mass is 263 g/mol. The van der Waals surface area contributed by atoms with Crippen LogP contribution in [0.1, 0.15) is 18.1 Å². The number of benzene rings is 1. The summed E-state index contributed by atoms with van der Waals surface area (Å²) in [6.07, 6.45) is 2.75. The lowest BCUT2D eigenvalue weighted by molar-refractivity contribution is -0.131. The number of hydrogen-bond acceptors (Lipinski definition) is 3. The third-order valence-corrected chi connectivity index (χ3v) is 2.93. The van der Waals surface area contributed by atoms with Gasteiger partial charge in [-0.3, -0.25) is 0 Å². The van der Waals surface area contributed by atoms with E-state index in [4.69, 9.17) is 9.84 Å². The Labute approximate surface area is 114 Å². The van der Waals surface area contributed by atoms with E-state index in [-0.39, 0.29) is 0 Å². The second kappa shape index (κ2) is 7.59. The molecule has 19 heavy (non-hydrogen) atoms. The van der Waals surface area contributed by atoms with E-state index in [1.807, 2.05) is 25.1 Å². The van der Waals surface area contributed by atoms with Gasteiger partial charge in [-0.05, 0) is 43.2 Å². The van der Waals surface area contributed by atoms with Gasteiger partial charge in [0.25, 0.3) is 0 Å². The van der Waals surface area contributed by atoms with E-state index >= 15 is 0 Å². The summed E-state index contributed by atoms with van der Waals surface area (Å²) >= 11 is 0. The first-order valence-corrected chi connectivity index (χ1v) is 6.34. The van der Waals surface area contributed by atoms with Gasteiger partial charge in [0.2, 0.25) is 0 Å². The molecule has 0 bridgehead atoms. The van der Waals surface area contributed by atoms with E-state index in [0.29, 0.717) is 6.61 Å². The highest BCUT2D eigenvalue weighted by Crippen LogP contribution is 2.21. The first-order valence-electron chi connectivity index (χ1n) is 6.34. The Morgan fingerprint density at radius 2 is 2.21 bits per heavy atom. The highest BCUT2D eigenvalue weighted by molar-refractivity contribution is 5.85. The van der Waals surface area contributed by atoms with Crippen LogP contribution in [0.4, 0.5) is 5.69 Å². The minimum absolute atomic E-state index is 0.688. The molecule has 1 aromatic rings. The third kappa shape index (κ3) is 4.75. The van der Waals surface area contributed by atoms with E-state index in [2.05, 4.69) is 11.8 Å². The predicted molar refractivity (Wildman–Crippen MR) is 77.6 cm³/mol. The molecule has 0 aromatic heterocycles. The lowest BCUT2D eigenvalue weighted by atomic mass is 10.1. The zero-order valence-electron chi connectivity index (χ0n) is 11.7. The molecular formula is C15H21NO3. The molecule has 0 fully saturated rings. The molecule has 1 N–H and O–H groups in total. The van der Waals surface area contributed by atoms with Crippen molar-refractivity contribution < 1.29 is 14.6 Å². The Balaban J connectivity index is 2.89. The van der Waals surface area contributed by atoms with Crippen LogP contribution in [-0.4, -0.2) is 37.9 Å². The first kappa shape index (κ1) is 15.2. The minimum atomic E-state index is -0.933. The van der Waals surface area contributed by atoms with Gasteiger partial charge in [-0.15, -0.1) is 0 Å². The summed E-state index contributed by atoms with van der Waals surface area (Å²) in [4.78, 5) is 12.7. The van der Waals surface area contributed by atoms with Crippen molar-refractivity contribution in [3.63, 3.8) is 0 Å². The van der Waals surface area contributed by atoms with E-state index < -0.39 is 5.97 Å².